The molecule has 0 atom stereocenters. The van der Waals surface area contributed by atoms with Crippen LogP contribution in [0.2, 0.25) is 0 Å². The highest BCUT2D eigenvalue weighted by Crippen LogP contribution is 2.11. The summed E-state index contributed by atoms with van der Waals surface area (Å²) in [5.74, 6) is -0.899. The lowest BCUT2D eigenvalue weighted by atomic mass is 10.2. The van der Waals surface area contributed by atoms with Crippen molar-refractivity contribution in [3.05, 3.63) is 34.3 Å². The van der Waals surface area contributed by atoms with Crippen molar-refractivity contribution in [1.29, 1.82) is 0 Å². The Balaban J connectivity index is 1.82. The zero-order valence-corrected chi connectivity index (χ0v) is 15.0. The first-order valence-electron chi connectivity index (χ1n) is 6.93. The Hall–Kier alpha value is -1.45. The van der Waals surface area contributed by atoms with Gasteiger partial charge in [-0.05, 0) is 24.3 Å². The molecule has 126 valence electrons. The fourth-order valence-electron chi connectivity index (χ4n) is 2.16. The first-order valence-corrected chi connectivity index (χ1v) is 9.57. The number of ether oxygens (including phenoxy) is 1. The Kier molecular flexibility index (Phi) is 5.77. The predicted molar refractivity (Wildman–Crippen MR) is 87.4 cm³/mol. The number of nitrogens with zero attached hydrogens (tertiary/aromatic N) is 2. The highest BCUT2D eigenvalue weighted by molar-refractivity contribution is 9.10. The third-order valence-electron chi connectivity index (χ3n) is 3.47. The van der Waals surface area contributed by atoms with Crippen LogP contribution in [0.5, 0.6) is 0 Å². The summed E-state index contributed by atoms with van der Waals surface area (Å²) < 4.78 is 30.0. The molecule has 1 heterocycles. The second kappa shape index (κ2) is 7.41. The lowest BCUT2D eigenvalue weighted by Gasteiger charge is -2.33. The van der Waals surface area contributed by atoms with Crippen LogP contribution in [0.1, 0.15) is 10.4 Å². The highest BCUT2D eigenvalue weighted by atomic mass is 79.9. The number of hydrogen-bond donors (Lipinski definition) is 0. The van der Waals surface area contributed by atoms with Gasteiger partial charge in [-0.2, -0.15) is 4.31 Å². The fraction of sp³-hybridized carbons (Fsp3) is 0.429. The zero-order chi connectivity index (χ0) is 17.0. The van der Waals surface area contributed by atoms with E-state index in [4.69, 9.17) is 4.74 Å². The molecule has 0 bridgehead atoms. The number of carbonyl (C=O) groups excluding carboxylic acids is 2. The molecule has 23 heavy (non-hydrogen) atoms. The molecule has 9 heteroatoms. The van der Waals surface area contributed by atoms with Crippen LogP contribution in [-0.2, 0) is 19.6 Å². The number of hydrogen-bond acceptors (Lipinski definition) is 5. The van der Waals surface area contributed by atoms with E-state index in [1.54, 1.807) is 24.3 Å². The first-order chi connectivity index (χ1) is 10.8. The van der Waals surface area contributed by atoms with Crippen LogP contribution in [0.15, 0.2) is 28.7 Å². The SMILES string of the molecule is CS(=O)(=O)N1CCN(C(=O)COC(=O)c2ccc(Br)cc2)CC1. The number of piperazine rings is 1. The number of benzene rings is 1. The third-order valence-corrected chi connectivity index (χ3v) is 5.30. The Labute approximate surface area is 143 Å². The van der Waals surface area contributed by atoms with E-state index in [1.165, 1.54) is 9.21 Å². The molecular weight excluding hydrogens is 388 g/mol. The summed E-state index contributed by atoms with van der Waals surface area (Å²) in [6.07, 6.45) is 1.14. The van der Waals surface area contributed by atoms with E-state index in [-0.39, 0.29) is 25.6 Å². The Morgan fingerprint density at radius 1 is 1.13 bits per heavy atom. The molecule has 1 aliphatic heterocycles. The van der Waals surface area contributed by atoms with E-state index < -0.39 is 16.0 Å². The lowest BCUT2D eigenvalue weighted by molar-refractivity contribution is -0.135. The molecule has 1 aromatic carbocycles. The van der Waals surface area contributed by atoms with Gasteiger partial charge in [-0.1, -0.05) is 15.9 Å². The summed E-state index contributed by atoms with van der Waals surface area (Å²) in [5.41, 5.74) is 0.364. The van der Waals surface area contributed by atoms with Crippen molar-refractivity contribution in [2.75, 3.05) is 39.0 Å². The summed E-state index contributed by atoms with van der Waals surface area (Å²) >= 11 is 3.27. The summed E-state index contributed by atoms with van der Waals surface area (Å²) in [6.45, 7) is 0.744. The third kappa shape index (κ3) is 5.02. The molecule has 0 radical (unpaired) electrons. The van der Waals surface area contributed by atoms with Crippen molar-refractivity contribution in [2.24, 2.45) is 0 Å². The Bertz CT molecular complexity index is 682. The number of carbonyl (C=O) groups is 2. The van der Waals surface area contributed by atoms with Crippen LogP contribution in [-0.4, -0.2) is 68.5 Å². The quantitative estimate of drug-likeness (QED) is 0.689. The van der Waals surface area contributed by atoms with Crippen LogP contribution >= 0.6 is 15.9 Å². The maximum absolute atomic E-state index is 12.0. The monoisotopic (exact) mass is 404 g/mol. The normalized spacial score (nSPS) is 16.2. The van der Waals surface area contributed by atoms with Gasteiger partial charge in [-0.15, -0.1) is 0 Å². The van der Waals surface area contributed by atoms with Crippen molar-refractivity contribution in [2.45, 2.75) is 0 Å². The van der Waals surface area contributed by atoms with Gasteiger partial charge in [0, 0.05) is 30.7 Å². The highest BCUT2D eigenvalue weighted by Gasteiger charge is 2.26. The van der Waals surface area contributed by atoms with Gasteiger partial charge >= 0.3 is 5.97 Å². The van der Waals surface area contributed by atoms with E-state index >= 15 is 0 Å². The molecule has 0 N–H and O–H groups in total. The largest absolute Gasteiger partial charge is 0.452 e. The molecule has 1 aliphatic rings. The first kappa shape index (κ1) is 17.9. The van der Waals surface area contributed by atoms with Gasteiger partial charge in [0.1, 0.15) is 0 Å². The molecular formula is C14H17BrN2O5S. The van der Waals surface area contributed by atoms with Gasteiger partial charge in [0.25, 0.3) is 5.91 Å². The van der Waals surface area contributed by atoms with Crippen LogP contribution < -0.4 is 0 Å². The van der Waals surface area contributed by atoms with E-state index in [0.29, 0.717) is 18.7 Å². The summed E-state index contributed by atoms with van der Waals surface area (Å²) in [7, 11) is -3.23. The van der Waals surface area contributed by atoms with Crippen LogP contribution in [0, 0.1) is 0 Å². The molecule has 1 saturated heterocycles. The zero-order valence-electron chi connectivity index (χ0n) is 12.6. The molecule has 0 aliphatic carbocycles. The lowest BCUT2D eigenvalue weighted by Crippen LogP contribution is -2.51. The Morgan fingerprint density at radius 3 is 2.22 bits per heavy atom. The van der Waals surface area contributed by atoms with E-state index in [0.717, 1.165) is 10.7 Å². The van der Waals surface area contributed by atoms with Gasteiger partial charge in [0.05, 0.1) is 11.8 Å². The molecule has 1 fully saturated rings. The van der Waals surface area contributed by atoms with Gasteiger partial charge in [-0.3, -0.25) is 4.79 Å². The van der Waals surface area contributed by atoms with Gasteiger partial charge < -0.3 is 9.64 Å². The molecule has 1 amide bonds. The molecule has 2 rings (SSSR count). The number of rotatable bonds is 4. The number of esters is 1. The number of amides is 1. The number of sulfonamides is 1. The standard InChI is InChI=1S/C14H17BrN2O5S/c1-23(20,21)17-8-6-16(7-9-17)13(18)10-22-14(19)11-2-4-12(15)5-3-11/h2-5H,6-10H2,1H3. The van der Waals surface area contributed by atoms with Crippen molar-refractivity contribution in [1.82, 2.24) is 9.21 Å². The van der Waals surface area contributed by atoms with Crippen LogP contribution in [0.4, 0.5) is 0 Å². The molecule has 0 aromatic heterocycles. The maximum atomic E-state index is 12.0. The second-order valence-corrected chi connectivity index (χ2v) is 8.02. The number of halogens is 1. The second-order valence-electron chi connectivity index (χ2n) is 5.13. The van der Waals surface area contributed by atoms with Crippen molar-refractivity contribution in [3.63, 3.8) is 0 Å². The topological polar surface area (TPSA) is 84.0 Å². The summed E-state index contributed by atoms with van der Waals surface area (Å²) in [6, 6.07) is 6.62. The van der Waals surface area contributed by atoms with Crippen LogP contribution in [0.3, 0.4) is 0 Å². The predicted octanol–water partition coefficient (Wildman–Crippen LogP) is 0.710. The molecule has 1 aromatic rings. The fourth-order valence-corrected chi connectivity index (χ4v) is 3.25. The maximum Gasteiger partial charge on any atom is 0.338 e. The van der Waals surface area contributed by atoms with E-state index in [2.05, 4.69) is 15.9 Å². The molecule has 7 nitrogen and oxygen atoms in total. The Morgan fingerprint density at radius 2 is 1.70 bits per heavy atom. The minimum Gasteiger partial charge on any atom is -0.452 e. The summed E-state index contributed by atoms with van der Waals surface area (Å²) in [4.78, 5) is 25.3. The van der Waals surface area contributed by atoms with Crippen molar-refractivity contribution >= 4 is 37.8 Å². The van der Waals surface area contributed by atoms with Crippen molar-refractivity contribution < 1.29 is 22.7 Å². The molecule has 0 spiro atoms. The minimum absolute atomic E-state index is 0.255. The minimum atomic E-state index is -3.23. The molecule has 0 unspecified atom stereocenters. The molecule has 0 saturated carbocycles. The van der Waals surface area contributed by atoms with E-state index in [9.17, 15) is 18.0 Å². The van der Waals surface area contributed by atoms with Gasteiger partial charge in [-0.25, -0.2) is 13.2 Å². The summed E-state index contributed by atoms with van der Waals surface area (Å²) in [5, 5.41) is 0. The average Bonchev–Trinajstić information content (AvgIpc) is 2.52. The van der Waals surface area contributed by atoms with Crippen molar-refractivity contribution in [3.8, 4) is 0 Å². The smallest absolute Gasteiger partial charge is 0.338 e. The van der Waals surface area contributed by atoms with Gasteiger partial charge in [0.2, 0.25) is 10.0 Å². The van der Waals surface area contributed by atoms with E-state index in [1.807, 2.05) is 0 Å². The van der Waals surface area contributed by atoms with Crippen LogP contribution in [0.25, 0.3) is 0 Å². The van der Waals surface area contributed by atoms with Gasteiger partial charge in [0.15, 0.2) is 6.61 Å². The average molecular weight is 405 g/mol.